The average molecular weight is 855 g/mol. The molecule has 53 heavy (non-hydrogen) atoms. The fraction of sp³-hybridized carbons (Fsp3) is 0.0714. The summed E-state index contributed by atoms with van der Waals surface area (Å²) in [6, 6.07) is 20.4. The van der Waals surface area contributed by atoms with E-state index in [4.69, 9.17) is 28.0 Å². The van der Waals surface area contributed by atoms with Crippen LogP contribution in [-0.4, -0.2) is 75.5 Å². The molecule has 0 atom stereocenters. The van der Waals surface area contributed by atoms with Crippen LogP contribution in [0.25, 0.3) is 0 Å². The van der Waals surface area contributed by atoms with Gasteiger partial charge in [0.25, 0.3) is 0 Å². The van der Waals surface area contributed by atoms with Gasteiger partial charge in [0.05, 0.1) is 19.6 Å². The number of hydrogen-bond acceptors (Lipinski definition) is 19. The third kappa shape index (κ3) is 23.5. The number of benzene rings is 4. The Balaban J connectivity index is 0. The maximum atomic E-state index is 10.3. The number of aliphatic carboxylic acids is 1. The van der Waals surface area contributed by atoms with Gasteiger partial charge in [-0.2, -0.15) is 0 Å². The molecule has 4 rings (SSSR count). The Bertz CT molecular complexity index is 1900. The SMILES string of the molecule is CC(=O)OCC(=O)O.Nc1ccc(S(=O)(=O)[O-])cc1.Nc1ccc(S(=O)(=O)[O-])cc1.Nc1ccc(S(=O)(=O)[O-])cc1.Nc1ccc(S(=O)(=O)[O-])cc1.[Ti+4]. The number of carboxylic acid groups (broad SMARTS) is 1. The van der Waals surface area contributed by atoms with Crippen LogP contribution >= 0.6 is 0 Å². The van der Waals surface area contributed by atoms with E-state index in [1.165, 1.54) is 97.1 Å². The smallest absolute Gasteiger partial charge is 0.744 e. The van der Waals surface area contributed by atoms with Gasteiger partial charge in [0.1, 0.15) is 40.5 Å². The number of carboxylic acids is 1. The second-order valence-corrected chi connectivity index (χ2v) is 14.8. The zero-order valence-corrected chi connectivity index (χ0v) is 31.8. The van der Waals surface area contributed by atoms with Crippen molar-refractivity contribution in [2.24, 2.45) is 0 Å². The molecule has 0 amide bonds. The number of carbonyl (C=O) groups is 2. The quantitative estimate of drug-likeness (QED) is 0.0754. The van der Waals surface area contributed by atoms with Crippen LogP contribution in [0.3, 0.4) is 0 Å². The fourth-order valence-electron chi connectivity index (χ4n) is 2.70. The van der Waals surface area contributed by atoms with Crippen LogP contribution in [0.4, 0.5) is 22.7 Å². The van der Waals surface area contributed by atoms with Crippen molar-refractivity contribution in [1.82, 2.24) is 0 Å². The Morgan fingerprint density at radius 1 is 0.491 bits per heavy atom. The van der Waals surface area contributed by atoms with Gasteiger partial charge in [-0.1, -0.05) is 0 Å². The average Bonchev–Trinajstić information content (AvgIpc) is 3.00. The van der Waals surface area contributed by atoms with Crippen molar-refractivity contribution in [2.45, 2.75) is 26.5 Å². The molecule has 0 unspecified atom stereocenters. The molecule has 0 saturated carbocycles. The summed E-state index contributed by atoms with van der Waals surface area (Å²) in [5, 5.41) is 7.89. The van der Waals surface area contributed by atoms with E-state index in [2.05, 4.69) is 4.74 Å². The number of ether oxygens (including phenoxy) is 1. The molecule has 0 bridgehead atoms. The Hall–Kier alpha value is -4.63. The van der Waals surface area contributed by atoms with E-state index >= 15 is 0 Å². The van der Waals surface area contributed by atoms with Crippen molar-refractivity contribution in [3.63, 3.8) is 0 Å². The Labute approximate surface area is 319 Å². The van der Waals surface area contributed by atoms with Gasteiger partial charge in [-0.25, -0.2) is 38.5 Å². The second-order valence-electron chi connectivity index (χ2n) is 9.27. The summed E-state index contributed by atoms with van der Waals surface area (Å²) in [5.41, 5.74) is 22.8. The molecule has 0 aliphatic rings. The van der Waals surface area contributed by atoms with Crippen molar-refractivity contribution >= 4 is 75.2 Å². The molecule has 0 heterocycles. The predicted octanol–water partition coefficient (Wildman–Crippen LogP) is 0.323. The van der Waals surface area contributed by atoms with Crippen LogP contribution in [-0.2, 0) is 76.5 Å². The summed E-state index contributed by atoms with van der Waals surface area (Å²) in [5.74, 6) is -1.72. The number of rotatable bonds is 6. The normalized spacial score (nSPS) is 10.7. The van der Waals surface area contributed by atoms with Crippen molar-refractivity contribution < 1.29 is 93.0 Å². The monoisotopic (exact) mass is 854 g/mol. The van der Waals surface area contributed by atoms with Crippen LogP contribution in [0.15, 0.2) is 117 Å². The molecule has 0 spiro atoms. The summed E-state index contributed by atoms with van der Waals surface area (Å²) in [4.78, 5) is 18.5. The van der Waals surface area contributed by atoms with Gasteiger partial charge in [-0.15, -0.1) is 0 Å². The first-order chi connectivity index (χ1) is 23.6. The number of nitrogens with two attached hydrogens (primary N) is 4. The molecule has 4 aromatic rings. The predicted molar refractivity (Wildman–Crippen MR) is 180 cm³/mol. The fourth-order valence-corrected chi connectivity index (χ4v) is 4.58. The minimum Gasteiger partial charge on any atom is -0.744 e. The zero-order valence-electron chi connectivity index (χ0n) is 27.0. The van der Waals surface area contributed by atoms with E-state index in [-0.39, 0.29) is 41.3 Å². The zero-order chi connectivity index (χ0) is 40.5. The van der Waals surface area contributed by atoms with Gasteiger partial charge in [0.2, 0.25) is 0 Å². The topological polar surface area (TPSA) is 396 Å². The molecule has 0 aliphatic carbocycles. The van der Waals surface area contributed by atoms with E-state index in [9.17, 15) is 61.5 Å². The molecule has 9 N–H and O–H groups in total. The van der Waals surface area contributed by atoms with Crippen molar-refractivity contribution in [3.8, 4) is 0 Å². The largest absolute Gasteiger partial charge is 4.00 e. The Kier molecular flexibility index (Phi) is 21.4. The van der Waals surface area contributed by atoms with E-state index in [1.807, 2.05) is 0 Å². The summed E-state index contributed by atoms with van der Waals surface area (Å²) < 4.78 is 128. The molecule has 0 aliphatic heterocycles. The maximum absolute atomic E-state index is 10.3. The van der Waals surface area contributed by atoms with Gasteiger partial charge in [-0.3, -0.25) is 4.79 Å². The molecule has 0 saturated heterocycles. The van der Waals surface area contributed by atoms with E-state index in [1.54, 1.807) is 0 Å². The first-order valence-electron chi connectivity index (χ1n) is 13.2. The Morgan fingerprint density at radius 2 is 0.660 bits per heavy atom. The van der Waals surface area contributed by atoms with Gasteiger partial charge in [0, 0.05) is 29.7 Å². The van der Waals surface area contributed by atoms with E-state index in [0.29, 0.717) is 22.7 Å². The molecule has 0 radical (unpaired) electrons. The van der Waals surface area contributed by atoms with Crippen molar-refractivity contribution in [1.29, 1.82) is 0 Å². The van der Waals surface area contributed by atoms with Gasteiger partial charge in [0.15, 0.2) is 6.61 Å². The van der Waals surface area contributed by atoms with Gasteiger partial charge < -0.3 is 51.0 Å². The Morgan fingerprint density at radius 3 is 0.755 bits per heavy atom. The minimum atomic E-state index is -4.33. The molecule has 4 aromatic carbocycles. The van der Waals surface area contributed by atoms with Crippen LogP contribution in [0, 0.1) is 0 Å². The number of hydrogen-bond donors (Lipinski definition) is 5. The molecular formula is C28H30N4O16S4Ti. The van der Waals surface area contributed by atoms with Gasteiger partial charge >= 0.3 is 33.7 Å². The van der Waals surface area contributed by atoms with Gasteiger partial charge in [-0.05, 0) is 97.1 Å². The van der Waals surface area contributed by atoms with Crippen LogP contribution < -0.4 is 22.9 Å². The molecular weight excluding hydrogens is 824 g/mol. The third-order valence-electron chi connectivity index (χ3n) is 5.07. The molecule has 25 heteroatoms. The number of carbonyl (C=O) groups excluding carboxylic acids is 1. The molecule has 0 aromatic heterocycles. The van der Waals surface area contributed by atoms with Crippen LogP contribution in [0.2, 0.25) is 0 Å². The maximum Gasteiger partial charge on any atom is 4.00 e. The summed E-state index contributed by atoms with van der Waals surface area (Å²) in [6.45, 7) is 0.609. The summed E-state index contributed by atoms with van der Waals surface area (Å²) in [7, 11) is -17.3. The third-order valence-corrected chi connectivity index (χ3v) is 8.47. The number of nitrogen functional groups attached to an aromatic ring is 4. The summed E-state index contributed by atoms with van der Waals surface area (Å²) >= 11 is 0. The standard InChI is InChI=1S/4C6H7NO3S.C4H6O4.Ti/c4*7-5-1-3-6(4-2-5)11(8,9)10;1-3(5)8-2-4(6)7;/h4*1-4H,7H2,(H,8,9,10);2H2,1H3,(H,6,7);/q;;;;;+4/p-4. The second kappa shape index (κ2) is 22.4. The minimum absolute atomic E-state index is 0. The van der Waals surface area contributed by atoms with Crippen LogP contribution in [0.5, 0.6) is 0 Å². The number of esters is 1. The van der Waals surface area contributed by atoms with E-state index in [0.717, 1.165) is 6.92 Å². The molecule has 0 fully saturated rings. The first-order valence-corrected chi connectivity index (χ1v) is 18.9. The first kappa shape index (κ1) is 50.5. The number of anilines is 4. The van der Waals surface area contributed by atoms with E-state index < -0.39 is 59.0 Å². The van der Waals surface area contributed by atoms with Crippen molar-refractivity contribution in [2.75, 3.05) is 29.5 Å². The summed E-state index contributed by atoms with van der Waals surface area (Å²) in [6.07, 6.45) is 0. The molecule has 286 valence electrons. The van der Waals surface area contributed by atoms with Crippen LogP contribution in [0.1, 0.15) is 6.92 Å². The molecule has 20 nitrogen and oxygen atoms in total. The van der Waals surface area contributed by atoms with Crippen molar-refractivity contribution in [3.05, 3.63) is 97.1 Å².